The molecule has 0 aromatic heterocycles. The van der Waals surface area contributed by atoms with Gasteiger partial charge in [-0.05, 0) is 26.3 Å². The van der Waals surface area contributed by atoms with Gasteiger partial charge in [0, 0.05) is 18.2 Å². The fourth-order valence-electron chi connectivity index (χ4n) is 1.77. The van der Waals surface area contributed by atoms with Crippen LogP contribution in [0.25, 0.3) is 0 Å². The van der Waals surface area contributed by atoms with E-state index in [4.69, 9.17) is 4.74 Å². The first-order chi connectivity index (χ1) is 7.77. The van der Waals surface area contributed by atoms with Gasteiger partial charge in [-0.15, -0.1) is 0 Å². The van der Waals surface area contributed by atoms with Gasteiger partial charge in [-0.25, -0.2) is 0 Å². The van der Waals surface area contributed by atoms with Gasteiger partial charge in [0.25, 0.3) is 0 Å². The number of para-hydroxylation sites is 1. The van der Waals surface area contributed by atoms with Crippen molar-refractivity contribution in [3.63, 3.8) is 0 Å². The van der Waals surface area contributed by atoms with Crippen molar-refractivity contribution in [3.05, 3.63) is 29.8 Å². The summed E-state index contributed by atoms with van der Waals surface area (Å²) in [5.41, 5.74) is 1.24. The molecule has 1 rings (SSSR count). The molecule has 16 heavy (non-hydrogen) atoms. The van der Waals surface area contributed by atoms with Gasteiger partial charge >= 0.3 is 0 Å². The minimum atomic E-state index is 0.569. The fourth-order valence-corrected chi connectivity index (χ4v) is 1.77. The highest BCUT2D eigenvalue weighted by Crippen LogP contribution is 2.17. The highest BCUT2D eigenvalue weighted by atomic mass is 16.5. The Morgan fingerprint density at radius 2 is 2.00 bits per heavy atom. The number of nitrogens with one attached hydrogen (secondary N) is 1. The van der Waals surface area contributed by atoms with Crippen LogP contribution in [0, 0.1) is 0 Å². The summed E-state index contributed by atoms with van der Waals surface area (Å²) < 4.78 is 5.59. The van der Waals surface area contributed by atoms with Crippen LogP contribution in [-0.4, -0.2) is 12.6 Å². The van der Waals surface area contributed by atoms with Crippen LogP contribution in [0.4, 0.5) is 0 Å². The first kappa shape index (κ1) is 13.0. The molecule has 0 bridgehead atoms. The minimum absolute atomic E-state index is 0.569. The lowest BCUT2D eigenvalue weighted by Gasteiger charge is -2.15. The van der Waals surface area contributed by atoms with Gasteiger partial charge in [0.15, 0.2) is 0 Å². The van der Waals surface area contributed by atoms with E-state index in [2.05, 4.69) is 31.3 Å². The van der Waals surface area contributed by atoms with Crippen LogP contribution in [0.2, 0.25) is 0 Å². The van der Waals surface area contributed by atoms with Gasteiger partial charge in [0.2, 0.25) is 0 Å². The number of rotatable bonds is 7. The average molecular weight is 221 g/mol. The Balaban J connectivity index is 2.52. The highest BCUT2D eigenvalue weighted by Gasteiger charge is 2.04. The molecule has 0 aliphatic carbocycles. The normalized spacial score (nSPS) is 12.4. The zero-order valence-corrected chi connectivity index (χ0v) is 10.6. The Labute approximate surface area is 99.0 Å². The maximum atomic E-state index is 5.59. The van der Waals surface area contributed by atoms with Gasteiger partial charge < -0.3 is 10.1 Å². The first-order valence-corrected chi connectivity index (χ1v) is 6.22. The van der Waals surface area contributed by atoms with Crippen LogP contribution in [0.1, 0.15) is 39.2 Å². The lowest BCUT2D eigenvalue weighted by Crippen LogP contribution is -2.25. The smallest absolute Gasteiger partial charge is 0.123 e. The van der Waals surface area contributed by atoms with Crippen molar-refractivity contribution in [2.24, 2.45) is 0 Å². The number of hydrogen-bond donors (Lipinski definition) is 1. The lowest BCUT2D eigenvalue weighted by atomic mass is 10.1. The van der Waals surface area contributed by atoms with Crippen molar-refractivity contribution in [2.75, 3.05) is 6.61 Å². The SMILES string of the molecule is CCCC(C)NCc1ccccc1OCC. The molecule has 1 atom stereocenters. The van der Waals surface area contributed by atoms with Crippen LogP contribution in [0.3, 0.4) is 0 Å². The maximum absolute atomic E-state index is 5.59. The van der Waals surface area contributed by atoms with E-state index in [1.54, 1.807) is 0 Å². The van der Waals surface area contributed by atoms with Crippen LogP contribution >= 0.6 is 0 Å². The molecule has 2 heteroatoms. The van der Waals surface area contributed by atoms with E-state index in [0.29, 0.717) is 6.04 Å². The number of hydrogen-bond acceptors (Lipinski definition) is 2. The molecule has 0 radical (unpaired) electrons. The Morgan fingerprint density at radius 3 is 2.69 bits per heavy atom. The van der Waals surface area contributed by atoms with Gasteiger partial charge in [-0.3, -0.25) is 0 Å². The van der Waals surface area contributed by atoms with E-state index in [-0.39, 0.29) is 0 Å². The topological polar surface area (TPSA) is 21.3 Å². The first-order valence-electron chi connectivity index (χ1n) is 6.22. The third kappa shape index (κ3) is 4.23. The molecular weight excluding hydrogens is 198 g/mol. The molecular formula is C14H23NO. The van der Waals surface area contributed by atoms with Crippen molar-refractivity contribution in [1.29, 1.82) is 0 Å². The molecule has 0 spiro atoms. The summed E-state index contributed by atoms with van der Waals surface area (Å²) in [4.78, 5) is 0. The standard InChI is InChI=1S/C14H23NO/c1-4-8-12(3)15-11-13-9-6-7-10-14(13)16-5-2/h6-7,9-10,12,15H,4-5,8,11H2,1-3H3. The molecule has 0 fully saturated rings. The minimum Gasteiger partial charge on any atom is -0.494 e. The summed E-state index contributed by atoms with van der Waals surface area (Å²) in [5.74, 6) is 1.00. The van der Waals surface area contributed by atoms with E-state index in [9.17, 15) is 0 Å². The van der Waals surface area contributed by atoms with E-state index in [1.807, 2.05) is 19.1 Å². The Morgan fingerprint density at radius 1 is 1.25 bits per heavy atom. The molecule has 0 saturated heterocycles. The van der Waals surface area contributed by atoms with Crippen molar-refractivity contribution in [2.45, 2.75) is 46.2 Å². The molecule has 1 unspecified atom stereocenters. The molecule has 1 N–H and O–H groups in total. The van der Waals surface area contributed by atoms with E-state index < -0.39 is 0 Å². The van der Waals surface area contributed by atoms with Crippen LogP contribution < -0.4 is 10.1 Å². The molecule has 0 aliphatic rings. The zero-order valence-electron chi connectivity index (χ0n) is 10.6. The van der Waals surface area contributed by atoms with Gasteiger partial charge in [0.1, 0.15) is 5.75 Å². The molecule has 0 heterocycles. The van der Waals surface area contributed by atoms with Gasteiger partial charge in [0.05, 0.1) is 6.61 Å². The van der Waals surface area contributed by atoms with Crippen molar-refractivity contribution in [3.8, 4) is 5.75 Å². The largest absolute Gasteiger partial charge is 0.494 e. The maximum Gasteiger partial charge on any atom is 0.123 e. The number of benzene rings is 1. The Kier molecular flexibility index (Phi) is 5.94. The van der Waals surface area contributed by atoms with Crippen molar-refractivity contribution < 1.29 is 4.74 Å². The Bertz CT molecular complexity index is 299. The van der Waals surface area contributed by atoms with Crippen molar-refractivity contribution in [1.82, 2.24) is 5.32 Å². The van der Waals surface area contributed by atoms with Crippen LogP contribution in [0.5, 0.6) is 5.75 Å². The molecule has 2 nitrogen and oxygen atoms in total. The Hall–Kier alpha value is -1.02. The van der Waals surface area contributed by atoms with E-state index in [1.165, 1.54) is 18.4 Å². The number of ether oxygens (including phenoxy) is 1. The third-order valence-electron chi connectivity index (χ3n) is 2.64. The molecule has 1 aromatic rings. The fraction of sp³-hybridized carbons (Fsp3) is 0.571. The molecule has 0 aliphatic heterocycles. The summed E-state index contributed by atoms with van der Waals surface area (Å²) >= 11 is 0. The quantitative estimate of drug-likeness (QED) is 0.762. The summed E-state index contributed by atoms with van der Waals surface area (Å²) in [5, 5.41) is 3.52. The summed E-state index contributed by atoms with van der Waals surface area (Å²) in [6.45, 7) is 8.07. The predicted octanol–water partition coefficient (Wildman–Crippen LogP) is 3.36. The second-order valence-corrected chi connectivity index (χ2v) is 4.11. The summed E-state index contributed by atoms with van der Waals surface area (Å²) in [6.07, 6.45) is 2.44. The summed E-state index contributed by atoms with van der Waals surface area (Å²) in [7, 11) is 0. The van der Waals surface area contributed by atoms with Crippen molar-refractivity contribution >= 4 is 0 Å². The highest BCUT2D eigenvalue weighted by molar-refractivity contribution is 5.33. The molecule has 0 amide bonds. The molecule has 1 aromatic carbocycles. The zero-order chi connectivity index (χ0) is 11.8. The second kappa shape index (κ2) is 7.29. The monoisotopic (exact) mass is 221 g/mol. The van der Waals surface area contributed by atoms with Crippen LogP contribution in [-0.2, 0) is 6.54 Å². The van der Waals surface area contributed by atoms with Gasteiger partial charge in [-0.2, -0.15) is 0 Å². The van der Waals surface area contributed by atoms with E-state index in [0.717, 1.165) is 18.9 Å². The van der Waals surface area contributed by atoms with E-state index >= 15 is 0 Å². The predicted molar refractivity (Wildman–Crippen MR) is 68.8 cm³/mol. The molecule has 0 saturated carbocycles. The van der Waals surface area contributed by atoms with Gasteiger partial charge in [-0.1, -0.05) is 31.5 Å². The average Bonchev–Trinajstić information content (AvgIpc) is 2.29. The van der Waals surface area contributed by atoms with Crippen LogP contribution in [0.15, 0.2) is 24.3 Å². The molecule has 90 valence electrons. The summed E-state index contributed by atoms with van der Waals surface area (Å²) in [6, 6.07) is 8.80. The second-order valence-electron chi connectivity index (χ2n) is 4.11. The third-order valence-corrected chi connectivity index (χ3v) is 2.64. The lowest BCUT2D eigenvalue weighted by molar-refractivity contribution is 0.334.